The van der Waals surface area contributed by atoms with Crippen molar-refractivity contribution in [2.24, 2.45) is 0 Å². The molecule has 0 aliphatic rings. The highest BCUT2D eigenvalue weighted by Gasteiger charge is 1.90. The third-order valence-electron chi connectivity index (χ3n) is 2.70. The van der Waals surface area contributed by atoms with Gasteiger partial charge < -0.3 is 0 Å². The van der Waals surface area contributed by atoms with Crippen molar-refractivity contribution >= 4 is 10.9 Å². The van der Waals surface area contributed by atoms with Gasteiger partial charge in [-0.05, 0) is 31.5 Å². The van der Waals surface area contributed by atoms with E-state index in [0.29, 0.717) is 0 Å². The molecule has 0 atom stereocenters. The number of aryl methyl sites for hydroxylation is 2. The maximum atomic E-state index is 4.24. The summed E-state index contributed by atoms with van der Waals surface area (Å²) in [5.74, 6) is 0. The second kappa shape index (κ2) is 12.6. The van der Waals surface area contributed by atoms with E-state index in [-0.39, 0.29) is 0 Å². The summed E-state index contributed by atoms with van der Waals surface area (Å²) < 4.78 is 0. The highest BCUT2D eigenvalue weighted by Crippen LogP contribution is 2.11. The van der Waals surface area contributed by atoms with Crippen LogP contribution in [0.3, 0.4) is 0 Å². The van der Waals surface area contributed by atoms with Crippen molar-refractivity contribution in [1.82, 2.24) is 4.98 Å². The number of fused-ring (bicyclic) bond motifs is 1. The molecule has 22 heavy (non-hydrogen) atoms. The zero-order valence-electron chi connectivity index (χ0n) is 14.8. The average molecular weight is 295 g/mol. The monoisotopic (exact) mass is 295 g/mol. The third kappa shape index (κ3) is 7.58. The molecular weight excluding hydrogens is 266 g/mol. The number of aromatic nitrogens is 1. The van der Waals surface area contributed by atoms with Crippen molar-refractivity contribution in [1.29, 1.82) is 0 Å². The van der Waals surface area contributed by atoms with E-state index in [0.717, 1.165) is 5.52 Å². The summed E-state index contributed by atoms with van der Waals surface area (Å²) in [5.41, 5.74) is 3.66. The van der Waals surface area contributed by atoms with Crippen molar-refractivity contribution in [2.45, 2.75) is 41.5 Å². The molecule has 118 valence electrons. The van der Waals surface area contributed by atoms with Crippen LogP contribution in [0.4, 0.5) is 0 Å². The van der Waals surface area contributed by atoms with E-state index < -0.39 is 0 Å². The molecule has 0 amide bonds. The molecule has 0 N–H and O–H groups in total. The van der Waals surface area contributed by atoms with Crippen LogP contribution in [0.2, 0.25) is 0 Å². The fourth-order valence-electron chi connectivity index (χ4n) is 1.71. The molecule has 2 aromatic carbocycles. The molecule has 0 aliphatic heterocycles. The first kappa shape index (κ1) is 19.9. The van der Waals surface area contributed by atoms with E-state index in [2.05, 4.69) is 55.2 Å². The van der Waals surface area contributed by atoms with Gasteiger partial charge in [-0.1, -0.05) is 81.8 Å². The Morgan fingerprint density at radius 3 is 1.82 bits per heavy atom. The molecule has 1 nitrogen and oxygen atoms in total. The van der Waals surface area contributed by atoms with Gasteiger partial charge in [0.15, 0.2) is 0 Å². The van der Waals surface area contributed by atoms with Crippen LogP contribution in [0.15, 0.2) is 66.9 Å². The van der Waals surface area contributed by atoms with Crippen molar-refractivity contribution in [3.63, 3.8) is 0 Å². The van der Waals surface area contributed by atoms with Crippen molar-refractivity contribution in [2.75, 3.05) is 0 Å². The lowest BCUT2D eigenvalue weighted by atomic mass is 10.1. The van der Waals surface area contributed by atoms with Gasteiger partial charge >= 0.3 is 0 Å². The lowest BCUT2D eigenvalue weighted by Crippen LogP contribution is -1.77. The lowest BCUT2D eigenvalue weighted by Gasteiger charge is -1.95. The number of rotatable bonds is 0. The summed E-state index contributed by atoms with van der Waals surface area (Å²) >= 11 is 0. The minimum Gasteiger partial charge on any atom is -0.256 e. The third-order valence-corrected chi connectivity index (χ3v) is 2.70. The predicted octanol–water partition coefficient (Wildman–Crippen LogP) is 6.59. The van der Waals surface area contributed by atoms with Crippen molar-refractivity contribution in [3.8, 4) is 0 Å². The summed E-state index contributed by atoms with van der Waals surface area (Å²) in [6.07, 6.45) is 1.82. The molecule has 0 unspecified atom stereocenters. The molecule has 0 aliphatic carbocycles. The van der Waals surface area contributed by atoms with Gasteiger partial charge in [0, 0.05) is 11.6 Å². The Hall–Kier alpha value is -2.15. The molecule has 0 spiro atoms. The maximum absolute atomic E-state index is 4.24. The Bertz CT molecular complexity index is 615. The highest BCUT2D eigenvalue weighted by atomic mass is 14.6. The van der Waals surface area contributed by atoms with Gasteiger partial charge in [-0.25, -0.2) is 0 Å². The average Bonchev–Trinajstić information content (AvgIpc) is 2.60. The smallest absolute Gasteiger partial charge is 0.0704 e. The van der Waals surface area contributed by atoms with Crippen LogP contribution in [-0.4, -0.2) is 4.98 Å². The van der Waals surface area contributed by atoms with Crippen LogP contribution in [0.1, 0.15) is 38.8 Å². The lowest BCUT2D eigenvalue weighted by molar-refractivity contribution is 1.39. The molecule has 3 rings (SSSR count). The molecule has 1 heterocycles. The summed E-state index contributed by atoms with van der Waals surface area (Å²) in [5, 5.41) is 1.21. The number of nitrogens with zero attached hydrogens (tertiary/aromatic N) is 1. The first-order valence-electron chi connectivity index (χ1n) is 8.09. The van der Waals surface area contributed by atoms with E-state index in [1.54, 1.807) is 0 Å². The minimum atomic E-state index is 1.08. The van der Waals surface area contributed by atoms with Crippen LogP contribution < -0.4 is 0 Å². The fraction of sp³-hybridized carbons (Fsp3) is 0.286. The molecule has 0 fully saturated rings. The van der Waals surface area contributed by atoms with Gasteiger partial charge in [-0.2, -0.15) is 0 Å². The Morgan fingerprint density at radius 2 is 1.27 bits per heavy atom. The second-order valence-electron chi connectivity index (χ2n) is 4.35. The van der Waals surface area contributed by atoms with Crippen molar-refractivity contribution in [3.05, 3.63) is 78.0 Å². The molecule has 3 aromatic rings. The predicted molar refractivity (Wildman–Crippen MR) is 100 cm³/mol. The van der Waals surface area contributed by atoms with E-state index in [1.165, 1.54) is 16.5 Å². The van der Waals surface area contributed by atoms with Gasteiger partial charge in [-0.15, -0.1) is 0 Å². The Labute approximate surface area is 136 Å². The quantitative estimate of drug-likeness (QED) is 0.456. The van der Waals surface area contributed by atoms with E-state index in [9.17, 15) is 0 Å². The molecule has 0 radical (unpaired) electrons. The largest absolute Gasteiger partial charge is 0.256 e. The minimum absolute atomic E-state index is 1.08. The number of hydrogen-bond acceptors (Lipinski definition) is 1. The number of pyridine rings is 1. The SMILES string of the molecule is CC.CC.Cc1ccc2cccnc2c1.Cc1ccccc1. The molecule has 1 heteroatoms. The summed E-state index contributed by atoms with van der Waals surface area (Å²) in [7, 11) is 0. The number of benzene rings is 2. The Balaban J connectivity index is 0.000000348. The zero-order chi connectivity index (χ0) is 16.8. The Morgan fingerprint density at radius 1 is 0.636 bits per heavy atom. The highest BCUT2D eigenvalue weighted by molar-refractivity contribution is 5.78. The van der Waals surface area contributed by atoms with Crippen LogP contribution in [0.25, 0.3) is 10.9 Å². The van der Waals surface area contributed by atoms with Crippen LogP contribution in [-0.2, 0) is 0 Å². The van der Waals surface area contributed by atoms with Gasteiger partial charge in [0.1, 0.15) is 0 Å². The molecule has 1 aromatic heterocycles. The van der Waals surface area contributed by atoms with Gasteiger partial charge in [0.05, 0.1) is 5.52 Å². The zero-order valence-corrected chi connectivity index (χ0v) is 14.8. The fourth-order valence-corrected chi connectivity index (χ4v) is 1.71. The summed E-state index contributed by atoms with van der Waals surface area (Å²) in [4.78, 5) is 4.24. The van der Waals surface area contributed by atoms with E-state index >= 15 is 0 Å². The number of hydrogen-bond donors (Lipinski definition) is 0. The normalized spacial score (nSPS) is 8.45. The first-order valence-corrected chi connectivity index (χ1v) is 8.09. The maximum Gasteiger partial charge on any atom is 0.0704 e. The van der Waals surface area contributed by atoms with Crippen LogP contribution >= 0.6 is 0 Å². The summed E-state index contributed by atoms with van der Waals surface area (Å²) in [6.45, 7) is 12.2. The topological polar surface area (TPSA) is 12.9 Å². The second-order valence-corrected chi connectivity index (χ2v) is 4.35. The molecule has 0 bridgehead atoms. The standard InChI is InChI=1S/C10H9N.C7H8.2C2H6/c1-8-4-5-9-3-2-6-11-10(9)7-8;1-7-5-3-2-4-6-7;2*1-2/h2-7H,1H3;2-6H,1H3;2*1-2H3. The summed E-state index contributed by atoms with van der Waals surface area (Å²) in [6, 6.07) is 20.6. The molecule has 0 saturated carbocycles. The first-order chi connectivity index (χ1) is 10.8. The van der Waals surface area contributed by atoms with Crippen LogP contribution in [0, 0.1) is 13.8 Å². The van der Waals surface area contributed by atoms with Gasteiger partial charge in [0.2, 0.25) is 0 Å². The molecular formula is C21H29N. The van der Waals surface area contributed by atoms with Gasteiger partial charge in [0.25, 0.3) is 0 Å². The van der Waals surface area contributed by atoms with E-state index in [1.807, 2.05) is 58.2 Å². The van der Waals surface area contributed by atoms with Crippen LogP contribution in [0.5, 0.6) is 0 Å². The molecule has 0 saturated heterocycles. The van der Waals surface area contributed by atoms with Crippen molar-refractivity contribution < 1.29 is 0 Å². The Kier molecular flexibility index (Phi) is 11.4. The van der Waals surface area contributed by atoms with Gasteiger partial charge in [-0.3, -0.25) is 4.98 Å². The van der Waals surface area contributed by atoms with E-state index in [4.69, 9.17) is 0 Å².